The number of nitro groups is 6. The summed E-state index contributed by atoms with van der Waals surface area (Å²) in [6, 6.07) is 21.7. The van der Waals surface area contributed by atoms with E-state index in [0.29, 0.717) is 34.9 Å². The van der Waals surface area contributed by atoms with Crippen LogP contribution in [0.5, 0.6) is 23.0 Å². The highest BCUT2D eigenvalue weighted by Crippen LogP contribution is 2.44. The molecule has 8 rings (SSSR count). The number of phenols is 1. The van der Waals surface area contributed by atoms with E-state index in [1.165, 1.54) is 0 Å². The fourth-order valence-corrected chi connectivity index (χ4v) is 9.72. The first-order valence-corrected chi connectivity index (χ1v) is 26.3. The van der Waals surface area contributed by atoms with Crippen molar-refractivity contribution in [2.75, 3.05) is 0 Å². The maximum absolute atomic E-state index is 14.8. The number of phenolic OH excluding ortho intramolecular Hbond substituents is 1. The molecule has 1 N–H and O–H groups in total. The monoisotopic (exact) mass is 1170 g/mol. The molecule has 0 spiro atoms. The van der Waals surface area contributed by atoms with Gasteiger partial charge in [-0.25, -0.2) is 14.4 Å². The Morgan fingerprint density at radius 2 is 0.547 bits per heavy atom. The largest absolute Gasteiger partial charge is 0.507 e. The van der Waals surface area contributed by atoms with Gasteiger partial charge in [0.25, 0.3) is 34.1 Å². The standard InChI is InChI=1S/C61H54N6O19/c1-59(2,3)43-17-34-13-32-11-10-12-33(52(32)68)14-35-18-44(60(4,5)6)20-37(54(35)85-57(70)41-25-48(64(76)77)30-49(26-41)65(78)79)16-39-22-45(61(7,8)9)21-38(55(39)86-58(71)42-27-50(66(80)81)31-51(28-42)67(82)83)15-36(19-43)53(34)84-56(69)40-23-46(62(72)73)29-47(24-40)63(74)75/h10-12,17-31,68H,13-16H2,1-9H3. The van der Waals surface area contributed by atoms with Crippen molar-refractivity contribution in [3.05, 3.63) is 248 Å². The highest BCUT2D eigenvalue weighted by Gasteiger charge is 2.33. The summed E-state index contributed by atoms with van der Waals surface area (Å²) < 4.78 is 18.9. The summed E-state index contributed by atoms with van der Waals surface area (Å²) in [6.07, 6.45) is -1.16. The van der Waals surface area contributed by atoms with E-state index in [4.69, 9.17) is 14.2 Å². The lowest BCUT2D eigenvalue weighted by molar-refractivity contribution is -0.394. The zero-order chi connectivity index (χ0) is 63.2. The first kappa shape index (κ1) is 61.2. The normalized spacial score (nSPS) is 12.3. The van der Waals surface area contributed by atoms with Crippen LogP contribution >= 0.6 is 0 Å². The first-order chi connectivity index (χ1) is 40.0. The highest BCUT2D eigenvalue weighted by atomic mass is 16.6. The molecule has 0 fully saturated rings. The van der Waals surface area contributed by atoms with Gasteiger partial charge in [-0.15, -0.1) is 0 Å². The Kier molecular flexibility index (Phi) is 16.4. The Morgan fingerprint density at radius 3 is 0.733 bits per heavy atom. The summed E-state index contributed by atoms with van der Waals surface area (Å²) in [5.74, 6) is -4.76. The molecule has 1 aliphatic rings. The molecule has 0 unspecified atom stereocenters. The minimum Gasteiger partial charge on any atom is -0.507 e. The quantitative estimate of drug-likeness (QED) is 0.0514. The molecule has 25 heteroatoms. The van der Waals surface area contributed by atoms with Gasteiger partial charge < -0.3 is 19.3 Å². The van der Waals surface area contributed by atoms with Gasteiger partial charge in [-0.2, -0.15) is 0 Å². The zero-order valence-corrected chi connectivity index (χ0v) is 47.7. The fourth-order valence-electron chi connectivity index (χ4n) is 9.72. The van der Waals surface area contributed by atoms with E-state index in [1.54, 1.807) is 54.6 Å². The summed E-state index contributed by atoms with van der Waals surface area (Å²) in [5, 5.41) is 85.0. The number of rotatable bonds is 12. The van der Waals surface area contributed by atoms with Crippen LogP contribution in [-0.4, -0.2) is 52.6 Å². The van der Waals surface area contributed by atoms with Crippen LogP contribution in [0.4, 0.5) is 34.1 Å². The van der Waals surface area contributed by atoms with Crippen molar-refractivity contribution in [1.82, 2.24) is 0 Å². The van der Waals surface area contributed by atoms with E-state index in [1.807, 2.05) is 62.3 Å². The number of carbonyl (C=O) groups excluding carboxylic acids is 3. The highest BCUT2D eigenvalue weighted by molar-refractivity contribution is 5.95. The van der Waals surface area contributed by atoms with E-state index >= 15 is 0 Å². The van der Waals surface area contributed by atoms with Gasteiger partial charge in [0.15, 0.2) is 0 Å². The van der Waals surface area contributed by atoms with Crippen LogP contribution in [-0.2, 0) is 41.9 Å². The third kappa shape index (κ3) is 13.3. The van der Waals surface area contributed by atoms with Crippen molar-refractivity contribution in [1.29, 1.82) is 0 Å². The number of hydrogen-bond acceptors (Lipinski definition) is 19. The SMILES string of the molecule is CC(C)(C)c1cc2c(OC(=O)c3cc([N+](=O)[O-])cc([N+](=O)[O-])c3)c(c1)Cc1cc(C(C)(C)C)cc(c1OC(=O)c1cc([N+](=O)[O-])cc([N+](=O)[O-])c1)Cc1cc(C(C)(C)C)cc(c1OC(=O)c1cc([N+](=O)[O-])cc([N+](=O)[O-])c1)Cc1cccc(c1O)C2. The van der Waals surface area contributed by atoms with Crippen molar-refractivity contribution < 1.29 is 63.2 Å². The van der Waals surface area contributed by atoms with Gasteiger partial charge in [-0.05, 0) is 44.1 Å². The molecule has 442 valence electrons. The molecule has 0 aromatic heterocycles. The van der Waals surface area contributed by atoms with Gasteiger partial charge in [-0.1, -0.05) is 117 Å². The number of aromatic hydroxyl groups is 1. The van der Waals surface area contributed by atoms with Crippen LogP contribution in [0.3, 0.4) is 0 Å². The lowest BCUT2D eigenvalue weighted by atomic mass is 9.80. The van der Waals surface area contributed by atoms with Gasteiger partial charge in [-0.3, -0.25) is 60.7 Å². The Labute approximate surface area is 488 Å². The fraction of sp³-hybridized carbons (Fsp3) is 0.262. The van der Waals surface area contributed by atoms with Gasteiger partial charge >= 0.3 is 17.9 Å². The summed E-state index contributed by atoms with van der Waals surface area (Å²) >= 11 is 0. The molecule has 0 atom stereocenters. The Hall–Kier alpha value is -10.9. The average molecular weight is 1180 g/mol. The van der Waals surface area contributed by atoms with Crippen molar-refractivity contribution in [2.24, 2.45) is 0 Å². The number of carbonyl (C=O) groups is 3. The molecule has 86 heavy (non-hydrogen) atoms. The molecule has 25 nitrogen and oxygen atoms in total. The summed E-state index contributed by atoms with van der Waals surface area (Å²) in [6.45, 7) is 16.9. The Morgan fingerprint density at radius 1 is 0.349 bits per heavy atom. The lowest BCUT2D eigenvalue weighted by Gasteiger charge is -2.28. The molecular formula is C61H54N6O19. The molecule has 0 heterocycles. The smallest absolute Gasteiger partial charge is 0.344 e. The van der Waals surface area contributed by atoms with Crippen LogP contribution in [0.25, 0.3) is 0 Å². The van der Waals surface area contributed by atoms with Gasteiger partial charge in [0.2, 0.25) is 0 Å². The molecule has 1 aliphatic carbocycles. The number of non-ortho nitro benzene ring substituents is 6. The average Bonchev–Trinajstić information content (AvgIpc) is 0.872. The maximum atomic E-state index is 14.8. The van der Waals surface area contributed by atoms with Crippen molar-refractivity contribution in [3.8, 4) is 23.0 Å². The second-order valence-corrected chi connectivity index (χ2v) is 23.7. The topological polar surface area (TPSA) is 358 Å². The number of benzene rings is 7. The molecule has 7 aromatic carbocycles. The van der Waals surface area contributed by atoms with Crippen LogP contribution in [0.1, 0.15) is 155 Å². The molecule has 0 saturated carbocycles. The number of ether oxygens (including phenoxy) is 3. The van der Waals surface area contributed by atoms with Gasteiger partial charge in [0.1, 0.15) is 23.0 Å². The number of hydrogen-bond donors (Lipinski definition) is 1. The minimum absolute atomic E-state index is 0.146. The third-order valence-electron chi connectivity index (χ3n) is 14.3. The van der Waals surface area contributed by atoms with Crippen LogP contribution < -0.4 is 14.2 Å². The van der Waals surface area contributed by atoms with Gasteiger partial charge in [0, 0.05) is 95.5 Å². The molecule has 8 bridgehead atoms. The Bertz CT molecular complexity index is 3800. The van der Waals surface area contributed by atoms with Crippen molar-refractivity contribution in [2.45, 2.75) is 104 Å². The van der Waals surface area contributed by atoms with E-state index in [2.05, 4.69) is 0 Å². The second-order valence-electron chi connectivity index (χ2n) is 23.7. The molecule has 0 radical (unpaired) electrons. The molecule has 0 aliphatic heterocycles. The predicted octanol–water partition coefficient (Wildman–Crippen LogP) is 13.1. The second kappa shape index (κ2) is 23.1. The summed E-state index contributed by atoms with van der Waals surface area (Å²) in [7, 11) is 0. The lowest BCUT2D eigenvalue weighted by Crippen LogP contribution is -2.19. The van der Waals surface area contributed by atoms with Crippen LogP contribution in [0, 0.1) is 60.7 Å². The van der Waals surface area contributed by atoms with Gasteiger partial charge in [0.05, 0.1) is 64.4 Å². The van der Waals surface area contributed by atoms with E-state index in [9.17, 15) is 80.2 Å². The number of nitrogens with zero attached hydrogens (tertiary/aromatic N) is 6. The Balaban J connectivity index is 1.49. The molecule has 0 saturated heterocycles. The molecule has 0 amide bonds. The van der Waals surface area contributed by atoms with E-state index in [-0.39, 0.29) is 93.2 Å². The number of para-hydroxylation sites is 1. The number of fused-ring (bicyclic) bond motifs is 8. The third-order valence-corrected chi connectivity index (χ3v) is 14.3. The summed E-state index contributed by atoms with van der Waals surface area (Å²) in [4.78, 5) is 111. The van der Waals surface area contributed by atoms with E-state index < -0.39 is 115 Å². The molecular weight excluding hydrogens is 1120 g/mol. The number of nitro benzene ring substituents is 6. The number of esters is 3. The van der Waals surface area contributed by atoms with E-state index in [0.717, 1.165) is 36.4 Å². The predicted molar refractivity (Wildman–Crippen MR) is 309 cm³/mol. The van der Waals surface area contributed by atoms with Crippen LogP contribution in [0.2, 0.25) is 0 Å². The van der Waals surface area contributed by atoms with Crippen molar-refractivity contribution in [3.63, 3.8) is 0 Å². The van der Waals surface area contributed by atoms with Crippen LogP contribution in [0.15, 0.2) is 109 Å². The van der Waals surface area contributed by atoms with Crippen molar-refractivity contribution >= 4 is 52.0 Å². The summed E-state index contributed by atoms with van der Waals surface area (Å²) in [5.41, 5.74) is -5.37. The zero-order valence-electron chi connectivity index (χ0n) is 47.7. The molecule has 7 aromatic rings. The maximum Gasteiger partial charge on any atom is 0.344 e. The minimum atomic E-state index is -1.32. The first-order valence-electron chi connectivity index (χ1n) is 26.3.